The molecule has 0 aromatic carbocycles. The number of pyridine rings is 1. The standard InChI is InChI=1S/C18H24N4/c1-21-15-6-7-16(21)12-22(9-8-15)18-14(11-19)10-13-4-2-3-5-17(13)20-18/h10,15-16H,2-9,12H2,1H3. The zero-order valence-electron chi connectivity index (χ0n) is 13.4. The molecule has 22 heavy (non-hydrogen) atoms. The summed E-state index contributed by atoms with van der Waals surface area (Å²) in [6, 6.07) is 5.86. The highest BCUT2D eigenvalue weighted by molar-refractivity contribution is 5.57. The van der Waals surface area contributed by atoms with E-state index in [0.717, 1.165) is 43.4 Å². The molecule has 0 amide bonds. The summed E-state index contributed by atoms with van der Waals surface area (Å²) >= 11 is 0. The van der Waals surface area contributed by atoms with Gasteiger partial charge in [-0.05, 0) is 63.6 Å². The second-order valence-corrected chi connectivity index (χ2v) is 7.07. The molecule has 0 N–H and O–H groups in total. The lowest BCUT2D eigenvalue weighted by Gasteiger charge is -2.28. The van der Waals surface area contributed by atoms with Crippen LogP contribution in [0.3, 0.4) is 0 Å². The van der Waals surface area contributed by atoms with E-state index in [1.807, 2.05) is 0 Å². The van der Waals surface area contributed by atoms with Crippen LogP contribution in [0.15, 0.2) is 6.07 Å². The largest absolute Gasteiger partial charge is 0.354 e. The van der Waals surface area contributed by atoms with Crippen molar-refractivity contribution in [2.75, 3.05) is 25.0 Å². The van der Waals surface area contributed by atoms with Gasteiger partial charge >= 0.3 is 0 Å². The summed E-state index contributed by atoms with van der Waals surface area (Å²) < 4.78 is 0. The molecule has 2 aliphatic heterocycles. The van der Waals surface area contributed by atoms with Crippen molar-refractivity contribution in [2.45, 2.75) is 57.0 Å². The summed E-state index contributed by atoms with van der Waals surface area (Å²) in [4.78, 5) is 9.87. The molecule has 0 saturated carbocycles. The third-order valence-corrected chi connectivity index (χ3v) is 5.85. The van der Waals surface area contributed by atoms with E-state index in [1.165, 1.54) is 43.4 Å². The summed E-state index contributed by atoms with van der Waals surface area (Å²) in [5, 5.41) is 9.58. The first kappa shape index (κ1) is 14.0. The number of hydrogen-bond donors (Lipinski definition) is 0. The molecule has 0 radical (unpaired) electrons. The highest BCUT2D eigenvalue weighted by Crippen LogP contribution is 2.32. The minimum absolute atomic E-state index is 0.622. The summed E-state index contributed by atoms with van der Waals surface area (Å²) in [6.07, 6.45) is 8.44. The van der Waals surface area contributed by atoms with Crippen molar-refractivity contribution in [1.82, 2.24) is 9.88 Å². The van der Waals surface area contributed by atoms with Gasteiger partial charge < -0.3 is 4.90 Å². The molecule has 1 aliphatic carbocycles. The first-order chi connectivity index (χ1) is 10.8. The lowest BCUT2D eigenvalue weighted by atomic mass is 9.94. The van der Waals surface area contributed by atoms with Crippen LogP contribution in [0.1, 0.15) is 48.9 Å². The molecule has 3 aliphatic rings. The topological polar surface area (TPSA) is 43.2 Å². The number of nitrogens with zero attached hydrogens (tertiary/aromatic N) is 4. The van der Waals surface area contributed by atoms with Crippen LogP contribution in [0.5, 0.6) is 0 Å². The molecule has 4 rings (SSSR count). The van der Waals surface area contributed by atoms with Crippen molar-refractivity contribution in [3.63, 3.8) is 0 Å². The second kappa shape index (κ2) is 5.55. The van der Waals surface area contributed by atoms with Crippen LogP contribution < -0.4 is 4.90 Å². The van der Waals surface area contributed by atoms with Crippen molar-refractivity contribution in [1.29, 1.82) is 5.26 Å². The third-order valence-electron chi connectivity index (χ3n) is 5.85. The van der Waals surface area contributed by atoms with Gasteiger partial charge in [-0.25, -0.2) is 4.98 Å². The zero-order chi connectivity index (χ0) is 15.1. The van der Waals surface area contributed by atoms with Gasteiger partial charge in [0.2, 0.25) is 0 Å². The first-order valence-corrected chi connectivity index (χ1v) is 8.66. The Kier molecular flexibility index (Phi) is 3.54. The normalized spacial score (nSPS) is 28.1. The molecule has 2 unspecified atom stereocenters. The van der Waals surface area contributed by atoms with Crippen LogP contribution in [0.2, 0.25) is 0 Å². The second-order valence-electron chi connectivity index (χ2n) is 7.07. The van der Waals surface area contributed by atoms with E-state index < -0.39 is 0 Å². The maximum Gasteiger partial charge on any atom is 0.146 e. The molecule has 4 heteroatoms. The highest BCUT2D eigenvalue weighted by Gasteiger charge is 2.35. The van der Waals surface area contributed by atoms with Crippen molar-refractivity contribution >= 4 is 5.82 Å². The molecule has 2 saturated heterocycles. The highest BCUT2D eigenvalue weighted by atomic mass is 15.3. The lowest BCUT2D eigenvalue weighted by molar-refractivity contribution is 0.254. The predicted molar refractivity (Wildman–Crippen MR) is 87.0 cm³/mol. The minimum Gasteiger partial charge on any atom is -0.354 e. The fourth-order valence-electron chi connectivity index (χ4n) is 4.45. The predicted octanol–water partition coefficient (Wildman–Crippen LogP) is 2.50. The van der Waals surface area contributed by atoms with Crippen LogP contribution in [0.25, 0.3) is 0 Å². The average Bonchev–Trinajstić information content (AvgIpc) is 2.79. The average molecular weight is 296 g/mol. The minimum atomic E-state index is 0.622. The van der Waals surface area contributed by atoms with Crippen LogP contribution >= 0.6 is 0 Å². The van der Waals surface area contributed by atoms with E-state index in [2.05, 4.69) is 29.0 Å². The summed E-state index contributed by atoms with van der Waals surface area (Å²) in [5.41, 5.74) is 3.32. The molecule has 116 valence electrons. The number of nitriles is 1. The Morgan fingerprint density at radius 1 is 1.18 bits per heavy atom. The first-order valence-electron chi connectivity index (χ1n) is 8.66. The van der Waals surface area contributed by atoms with Gasteiger partial charge in [-0.1, -0.05) is 0 Å². The Balaban J connectivity index is 1.68. The Morgan fingerprint density at radius 2 is 2.00 bits per heavy atom. The van der Waals surface area contributed by atoms with Crippen LogP contribution in [-0.2, 0) is 12.8 Å². The SMILES string of the molecule is CN1C2CCC1CN(c1nc3c(cc1C#N)CCCC3)CC2. The molecule has 1 aromatic heterocycles. The smallest absolute Gasteiger partial charge is 0.146 e. The maximum absolute atomic E-state index is 9.58. The molecule has 3 heterocycles. The van der Waals surface area contributed by atoms with E-state index in [-0.39, 0.29) is 0 Å². The van der Waals surface area contributed by atoms with Gasteiger partial charge in [0.15, 0.2) is 0 Å². The molecule has 2 bridgehead atoms. The molecule has 0 spiro atoms. The van der Waals surface area contributed by atoms with Crippen molar-refractivity contribution in [3.8, 4) is 6.07 Å². The molecule has 1 aromatic rings. The summed E-state index contributed by atoms with van der Waals surface area (Å²) in [5.74, 6) is 0.948. The van der Waals surface area contributed by atoms with E-state index in [4.69, 9.17) is 4.98 Å². The van der Waals surface area contributed by atoms with Gasteiger partial charge in [-0.15, -0.1) is 0 Å². The quantitative estimate of drug-likeness (QED) is 0.798. The van der Waals surface area contributed by atoms with Gasteiger partial charge in [0.05, 0.1) is 5.56 Å². The Labute approximate surface area is 132 Å². The van der Waals surface area contributed by atoms with Crippen LogP contribution in [0, 0.1) is 11.3 Å². The monoisotopic (exact) mass is 296 g/mol. The Hall–Kier alpha value is -1.60. The van der Waals surface area contributed by atoms with Gasteiger partial charge in [0, 0.05) is 30.9 Å². The van der Waals surface area contributed by atoms with Gasteiger partial charge in [0.25, 0.3) is 0 Å². The van der Waals surface area contributed by atoms with E-state index in [1.54, 1.807) is 0 Å². The number of aromatic nitrogens is 1. The molecular formula is C18H24N4. The van der Waals surface area contributed by atoms with Crippen LogP contribution in [-0.4, -0.2) is 42.1 Å². The summed E-state index contributed by atoms with van der Waals surface area (Å²) in [6.45, 7) is 2.06. The Morgan fingerprint density at radius 3 is 2.86 bits per heavy atom. The van der Waals surface area contributed by atoms with Crippen molar-refractivity contribution < 1.29 is 0 Å². The van der Waals surface area contributed by atoms with Gasteiger partial charge in [0.1, 0.15) is 11.9 Å². The van der Waals surface area contributed by atoms with Crippen LogP contribution in [0.4, 0.5) is 5.82 Å². The summed E-state index contributed by atoms with van der Waals surface area (Å²) in [7, 11) is 2.26. The number of fused-ring (bicyclic) bond motifs is 3. The molecule has 4 nitrogen and oxygen atoms in total. The molecule has 2 atom stereocenters. The van der Waals surface area contributed by atoms with E-state index in [9.17, 15) is 5.26 Å². The lowest BCUT2D eigenvalue weighted by Crippen LogP contribution is -2.37. The fraction of sp³-hybridized carbons (Fsp3) is 0.667. The zero-order valence-corrected chi connectivity index (χ0v) is 13.4. The van der Waals surface area contributed by atoms with E-state index in [0.29, 0.717) is 6.04 Å². The maximum atomic E-state index is 9.58. The third kappa shape index (κ3) is 2.28. The van der Waals surface area contributed by atoms with E-state index >= 15 is 0 Å². The number of aryl methyl sites for hydroxylation is 2. The van der Waals surface area contributed by atoms with Gasteiger partial charge in [-0.3, -0.25) is 4.90 Å². The molecular weight excluding hydrogens is 272 g/mol. The number of likely N-dealkylation sites (N-methyl/N-ethyl adjacent to an activating group) is 1. The Bertz CT molecular complexity index is 618. The number of anilines is 1. The molecule has 2 fully saturated rings. The fourth-order valence-corrected chi connectivity index (χ4v) is 4.45. The number of hydrogen-bond acceptors (Lipinski definition) is 4. The number of rotatable bonds is 1. The van der Waals surface area contributed by atoms with Crippen molar-refractivity contribution in [3.05, 3.63) is 22.9 Å². The van der Waals surface area contributed by atoms with Gasteiger partial charge in [-0.2, -0.15) is 5.26 Å². The van der Waals surface area contributed by atoms with Crippen molar-refractivity contribution in [2.24, 2.45) is 0 Å².